The summed E-state index contributed by atoms with van der Waals surface area (Å²) in [5.41, 5.74) is 1.86. The van der Waals surface area contributed by atoms with Gasteiger partial charge in [-0.05, 0) is 91.9 Å². The monoisotopic (exact) mass is 606 g/mol. The van der Waals surface area contributed by atoms with Gasteiger partial charge in [0.05, 0.1) is 6.10 Å². The number of phenolic OH excluding ortho intramolecular Hbond substituents is 1. The fourth-order valence-electron chi connectivity index (χ4n) is 8.46. The second-order valence-electron chi connectivity index (χ2n) is 13.0. The molecule has 0 bridgehead atoms. The third-order valence-corrected chi connectivity index (χ3v) is 12.0. The van der Waals surface area contributed by atoms with Gasteiger partial charge in [0.25, 0.3) is 0 Å². The minimum absolute atomic E-state index is 0.133. The molecule has 41 heavy (non-hydrogen) atoms. The molecule has 9 heteroatoms. The first-order valence-electron chi connectivity index (χ1n) is 15.7. The Bertz CT molecular complexity index is 1030. The van der Waals surface area contributed by atoms with Gasteiger partial charge in [-0.3, -0.25) is 4.21 Å². The van der Waals surface area contributed by atoms with Crippen molar-refractivity contribution in [3.63, 3.8) is 0 Å². The lowest BCUT2D eigenvalue weighted by Gasteiger charge is -2.54. The molecule has 0 aromatic heterocycles. The molecule has 1 unspecified atom stereocenters. The van der Waals surface area contributed by atoms with E-state index in [0.717, 1.165) is 32.1 Å². The minimum Gasteiger partial charge on any atom is -0.508 e. The summed E-state index contributed by atoms with van der Waals surface area (Å²) in [6.45, 7) is 2.21. The molecule has 3 nitrogen and oxygen atoms in total. The first-order valence-corrected chi connectivity index (χ1v) is 17.2. The number of aliphatic hydroxyl groups is 1. The van der Waals surface area contributed by atoms with E-state index in [2.05, 4.69) is 6.92 Å². The molecule has 0 aliphatic heterocycles. The van der Waals surface area contributed by atoms with Gasteiger partial charge in [0.15, 0.2) is 0 Å². The normalized spacial score (nSPS) is 30.5. The number of aliphatic hydroxyl groups excluding tert-OH is 1. The van der Waals surface area contributed by atoms with Gasteiger partial charge < -0.3 is 10.2 Å². The van der Waals surface area contributed by atoms with Gasteiger partial charge in [0.2, 0.25) is 0 Å². The van der Waals surface area contributed by atoms with Gasteiger partial charge in [0.1, 0.15) is 5.75 Å². The van der Waals surface area contributed by atoms with E-state index in [1.807, 2.05) is 12.1 Å². The average molecular weight is 607 g/mol. The molecule has 2 N–H and O–H groups in total. The van der Waals surface area contributed by atoms with E-state index in [1.165, 1.54) is 49.7 Å². The van der Waals surface area contributed by atoms with Crippen LogP contribution in [0.1, 0.15) is 114 Å². The average Bonchev–Trinajstić information content (AvgIpc) is 3.22. The maximum absolute atomic E-state index is 13.4. The van der Waals surface area contributed by atoms with E-state index in [9.17, 15) is 36.4 Å². The largest absolute Gasteiger partial charge is 0.508 e. The van der Waals surface area contributed by atoms with Gasteiger partial charge in [-0.15, -0.1) is 0 Å². The highest BCUT2D eigenvalue weighted by atomic mass is 32.2. The molecule has 0 amide bonds. The van der Waals surface area contributed by atoms with Crippen LogP contribution in [-0.4, -0.2) is 44.1 Å². The minimum atomic E-state index is -5.60. The van der Waals surface area contributed by atoms with Crippen molar-refractivity contribution in [2.45, 2.75) is 127 Å². The van der Waals surface area contributed by atoms with Gasteiger partial charge in [-0.2, -0.15) is 22.0 Å². The standard InChI is InChI=1S/C32H47F5O3S/c1-2-3-4-5-6-7-8-10-22-19-23-20-24(38)11-12-25(23)26-15-17-30(27(29(22)26)13-14-28(30)39)21-41(40)18-9-16-31(33,34)32(35,36)37/h11-12,20,22,26-29,38-39H,2-10,13-19,21H2,1H3/t22-,26-,27+,28+,29-,30-,41?/m1/s1. The zero-order chi connectivity index (χ0) is 29.8. The number of halogens is 5. The molecule has 0 heterocycles. The van der Waals surface area contributed by atoms with Crippen LogP contribution in [0.5, 0.6) is 5.75 Å². The highest BCUT2D eigenvalue weighted by Gasteiger charge is 2.59. The Hall–Kier alpha value is -1.22. The van der Waals surface area contributed by atoms with Crippen molar-refractivity contribution in [2.75, 3.05) is 11.5 Å². The summed E-state index contributed by atoms with van der Waals surface area (Å²) < 4.78 is 77.8. The summed E-state index contributed by atoms with van der Waals surface area (Å²) in [6.07, 6.45) is 5.25. The fraction of sp³-hybridized carbons (Fsp3) is 0.812. The Morgan fingerprint density at radius 2 is 1.68 bits per heavy atom. The number of aromatic hydroxyl groups is 1. The molecule has 0 radical (unpaired) electrons. The van der Waals surface area contributed by atoms with Crippen molar-refractivity contribution < 1.29 is 36.4 Å². The van der Waals surface area contributed by atoms with Crippen molar-refractivity contribution >= 4 is 10.8 Å². The molecular formula is C32H47F5O3S. The SMILES string of the molecule is CCCCCCCCC[C@@H]1Cc2cc(O)ccc2[C@H]2CC[C@]3(CS(=O)CCCC(F)(F)C(F)(F)F)[C@@H](O)CC[C@H]3[C@H]12. The lowest BCUT2D eigenvalue weighted by molar-refractivity contribution is -0.284. The zero-order valence-corrected chi connectivity index (χ0v) is 25.1. The maximum Gasteiger partial charge on any atom is 0.453 e. The molecule has 3 aliphatic rings. The molecule has 0 saturated heterocycles. The van der Waals surface area contributed by atoms with Crippen molar-refractivity contribution in [2.24, 2.45) is 23.2 Å². The quantitative estimate of drug-likeness (QED) is 0.165. The van der Waals surface area contributed by atoms with Crippen molar-refractivity contribution in [3.8, 4) is 5.75 Å². The summed E-state index contributed by atoms with van der Waals surface area (Å²) in [5, 5.41) is 21.5. The summed E-state index contributed by atoms with van der Waals surface area (Å²) in [4.78, 5) is 0. The molecule has 234 valence electrons. The van der Waals surface area contributed by atoms with E-state index in [0.29, 0.717) is 24.7 Å². The number of hydrogen-bond donors (Lipinski definition) is 2. The molecule has 4 rings (SSSR count). The van der Waals surface area contributed by atoms with Crippen LogP contribution >= 0.6 is 0 Å². The maximum atomic E-state index is 13.4. The van der Waals surface area contributed by atoms with E-state index < -0.39 is 47.3 Å². The zero-order valence-electron chi connectivity index (χ0n) is 24.2. The lowest BCUT2D eigenvalue weighted by atomic mass is 9.52. The molecule has 1 aromatic carbocycles. The predicted octanol–water partition coefficient (Wildman–Crippen LogP) is 8.68. The molecule has 0 spiro atoms. The first kappa shape index (κ1) is 32.7. The van der Waals surface area contributed by atoms with Gasteiger partial charge >= 0.3 is 12.1 Å². The number of benzene rings is 1. The number of alkyl halides is 5. The predicted molar refractivity (Wildman–Crippen MR) is 153 cm³/mol. The summed E-state index contributed by atoms with van der Waals surface area (Å²) in [6, 6.07) is 5.66. The number of hydrogen-bond acceptors (Lipinski definition) is 3. The van der Waals surface area contributed by atoms with Crippen LogP contribution in [0.25, 0.3) is 0 Å². The van der Waals surface area contributed by atoms with Crippen LogP contribution < -0.4 is 0 Å². The van der Waals surface area contributed by atoms with Crippen LogP contribution in [0, 0.1) is 23.2 Å². The number of unbranched alkanes of at least 4 members (excludes halogenated alkanes) is 6. The lowest BCUT2D eigenvalue weighted by Crippen LogP contribution is -2.51. The molecular weight excluding hydrogens is 559 g/mol. The Morgan fingerprint density at radius 1 is 0.976 bits per heavy atom. The van der Waals surface area contributed by atoms with Crippen molar-refractivity contribution in [1.29, 1.82) is 0 Å². The van der Waals surface area contributed by atoms with Crippen LogP contribution in [-0.2, 0) is 17.2 Å². The van der Waals surface area contributed by atoms with E-state index in [4.69, 9.17) is 0 Å². The Labute approximate surface area is 244 Å². The highest BCUT2D eigenvalue weighted by Crippen LogP contribution is 2.63. The van der Waals surface area contributed by atoms with Crippen LogP contribution in [0.3, 0.4) is 0 Å². The van der Waals surface area contributed by atoms with Crippen LogP contribution in [0.4, 0.5) is 22.0 Å². The topological polar surface area (TPSA) is 57.5 Å². The van der Waals surface area contributed by atoms with Crippen LogP contribution in [0.2, 0.25) is 0 Å². The Balaban J connectivity index is 1.48. The molecule has 3 aliphatic carbocycles. The second-order valence-corrected chi connectivity index (χ2v) is 14.6. The van der Waals surface area contributed by atoms with E-state index in [-0.39, 0.29) is 29.1 Å². The summed E-state index contributed by atoms with van der Waals surface area (Å²) >= 11 is 0. The van der Waals surface area contributed by atoms with E-state index >= 15 is 0 Å². The molecule has 1 aromatic rings. The fourth-order valence-corrected chi connectivity index (χ4v) is 10.2. The smallest absolute Gasteiger partial charge is 0.453 e. The second kappa shape index (κ2) is 13.6. The van der Waals surface area contributed by atoms with Gasteiger partial charge in [-0.25, -0.2) is 0 Å². The Morgan fingerprint density at radius 3 is 2.39 bits per heavy atom. The number of rotatable bonds is 14. The number of phenols is 1. The summed E-state index contributed by atoms with van der Waals surface area (Å²) in [7, 11) is -1.60. The van der Waals surface area contributed by atoms with Crippen LogP contribution in [0.15, 0.2) is 18.2 Å². The molecule has 2 saturated carbocycles. The van der Waals surface area contributed by atoms with E-state index in [1.54, 1.807) is 6.07 Å². The van der Waals surface area contributed by atoms with Gasteiger partial charge in [0, 0.05) is 34.1 Å². The molecule has 2 fully saturated rings. The third-order valence-electron chi connectivity index (χ3n) is 10.4. The highest BCUT2D eigenvalue weighted by molar-refractivity contribution is 7.85. The summed E-state index contributed by atoms with van der Waals surface area (Å²) in [5.74, 6) is -3.48. The Kier molecular flexibility index (Phi) is 10.8. The first-order chi connectivity index (χ1) is 19.4. The number of fused-ring (bicyclic) bond motifs is 5. The third kappa shape index (κ3) is 7.30. The van der Waals surface area contributed by atoms with Gasteiger partial charge in [-0.1, -0.05) is 57.9 Å². The van der Waals surface area contributed by atoms with Crippen molar-refractivity contribution in [1.82, 2.24) is 0 Å². The molecule has 7 atom stereocenters. The van der Waals surface area contributed by atoms with Crippen molar-refractivity contribution in [3.05, 3.63) is 29.3 Å².